The molecular weight excluding hydrogens is 267 g/mol. The quantitative estimate of drug-likeness (QED) is 0.906. The van der Waals surface area contributed by atoms with Crippen molar-refractivity contribution in [2.24, 2.45) is 0 Å². The van der Waals surface area contributed by atoms with E-state index in [0.717, 1.165) is 0 Å². The SMILES string of the molecule is O=C(Nc1nccs1)c1ccc(Cl)c(Cl)c1. The van der Waals surface area contributed by atoms with E-state index in [9.17, 15) is 4.79 Å². The Morgan fingerprint density at radius 2 is 2.12 bits per heavy atom. The van der Waals surface area contributed by atoms with E-state index in [2.05, 4.69) is 10.3 Å². The highest BCUT2D eigenvalue weighted by Crippen LogP contribution is 2.23. The molecule has 2 aromatic rings. The molecule has 0 aliphatic heterocycles. The molecule has 0 aliphatic carbocycles. The zero-order valence-electron chi connectivity index (χ0n) is 7.91. The highest BCUT2D eigenvalue weighted by Gasteiger charge is 2.09. The molecule has 0 radical (unpaired) electrons. The number of carbonyl (C=O) groups is 1. The Kier molecular flexibility index (Phi) is 3.43. The van der Waals surface area contributed by atoms with Gasteiger partial charge in [0.25, 0.3) is 5.91 Å². The maximum atomic E-state index is 11.7. The largest absolute Gasteiger partial charge is 0.298 e. The van der Waals surface area contributed by atoms with Gasteiger partial charge in [-0.1, -0.05) is 23.2 Å². The number of nitrogens with zero attached hydrogens (tertiary/aromatic N) is 1. The number of hydrogen-bond donors (Lipinski definition) is 1. The molecule has 0 unspecified atom stereocenters. The topological polar surface area (TPSA) is 42.0 Å². The summed E-state index contributed by atoms with van der Waals surface area (Å²) < 4.78 is 0. The summed E-state index contributed by atoms with van der Waals surface area (Å²) in [6.07, 6.45) is 1.62. The Labute approximate surface area is 106 Å². The van der Waals surface area contributed by atoms with Crippen LogP contribution in [0.15, 0.2) is 29.8 Å². The lowest BCUT2D eigenvalue weighted by molar-refractivity contribution is 0.102. The second-order valence-electron chi connectivity index (χ2n) is 2.92. The molecule has 1 heterocycles. The standard InChI is InChI=1S/C10H6Cl2N2OS/c11-7-2-1-6(5-8(7)12)9(15)14-10-13-3-4-16-10/h1-5H,(H,13,14,15). The Morgan fingerprint density at radius 1 is 1.31 bits per heavy atom. The van der Waals surface area contributed by atoms with Crippen LogP contribution in [-0.2, 0) is 0 Å². The van der Waals surface area contributed by atoms with Gasteiger partial charge in [0, 0.05) is 17.1 Å². The van der Waals surface area contributed by atoms with Crippen LogP contribution in [0.1, 0.15) is 10.4 Å². The summed E-state index contributed by atoms with van der Waals surface area (Å²) in [6.45, 7) is 0. The summed E-state index contributed by atoms with van der Waals surface area (Å²) in [5.41, 5.74) is 0.449. The maximum absolute atomic E-state index is 11.7. The first kappa shape index (κ1) is 11.4. The minimum atomic E-state index is -0.256. The number of hydrogen-bond acceptors (Lipinski definition) is 3. The van der Waals surface area contributed by atoms with Crippen molar-refractivity contribution >= 4 is 45.6 Å². The van der Waals surface area contributed by atoms with Gasteiger partial charge in [0.15, 0.2) is 5.13 Å². The molecule has 82 valence electrons. The number of anilines is 1. The van der Waals surface area contributed by atoms with E-state index in [0.29, 0.717) is 20.7 Å². The van der Waals surface area contributed by atoms with Gasteiger partial charge in [0.2, 0.25) is 0 Å². The smallest absolute Gasteiger partial charge is 0.257 e. The van der Waals surface area contributed by atoms with Gasteiger partial charge in [-0.15, -0.1) is 11.3 Å². The van der Waals surface area contributed by atoms with E-state index in [4.69, 9.17) is 23.2 Å². The third-order valence-corrected chi connectivity index (χ3v) is 3.26. The fourth-order valence-electron chi connectivity index (χ4n) is 1.09. The van der Waals surface area contributed by atoms with Crippen LogP contribution in [0.5, 0.6) is 0 Å². The lowest BCUT2D eigenvalue weighted by Gasteiger charge is -2.02. The monoisotopic (exact) mass is 272 g/mol. The Hall–Kier alpha value is -1.10. The van der Waals surface area contributed by atoms with Crippen LogP contribution in [0.25, 0.3) is 0 Å². The first-order chi connectivity index (χ1) is 7.66. The van der Waals surface area contributed by atoms with Gasteiger partial charge in [-0.2, -0.15) is 0 Å². The maximum Gasteiger partial charge on any atom is 0.257 e. The molecule has 1 aromatic heterocycles. The van der Waals surface area contributed by atoms with Crippen molar-refractivity contribution in [2.75, 3.05) is 5.32 Å². The van der Waals surface area contributed by atoms with Gasteiger partial charge in [-0.25, -0.2) is 4.98 Å². The highest BCUT2D eigenvalue weighted by atomic mass is 35.5. The molecule has 1 aromatic carbocycles. The Morgan fingerprint density at radius 3 is 2.75 bits per heavy atom. The van der Waals surface area contributed by atoms with Crippen LogP contribution in [-0.4, -0.2) is 10.9 Å². The predicted octanol–water partition coefficient (Wildman–Crippen LogP) is 3.70. The zero-order valence-corrected chi connectivity index (χ0v) is 10.2. The zero-order chi connectivity index (χ0) is 11.5. The molecule has 2 rings (SSSR count). The number of rotatable bonds is 2. The molecule has 1 N–H and O–H groups in total. The van der Waals surface area contributed by atoms with E-state index >= 15 is 0 Å². The molecule has 0 fully saturated rings. The summed E-state index contributed by atoms with van der Waals surface area (Å²) in [4.78, 5) is 15.7. The number of nitrogens with one attached hydrogen (secondary N) is 1. The van der Waals surface area contributed by atoms with Crippen LogP contribution < -0.4 is 5.32 Å². The Bertz CT molecular complexity index is 514. The normalized spacial score (nSPS) is 10.1. The van der Waals surface area contributed by atoms with Gasteiger partial charge in [-0.3, -0.25) is 10.1 Å². The van der Waals surface area contributed by atoms with E-state index in [-0.39, 0.29) is 5.91 Å². The number of aromatic nitrogens is 1. The molecule has 0 saturated heterocycles. The third-order valence-electron chi connectivity index (χ3n) is 1.83. The molecule has 0 aliphatic rings. The van der Waals surface area contributed by atoms with E-state index < -0.39 is 0 Å². The van der Waals surface area contributed by atoms with Gasteiger partial charge in [0.1, 0.15) is 0 Å². The summed E-state index contributed by atoms with van der Waals surface area (Å²) in [5.74, 6) is -0.256. The van der Waals surface area contributed by atoms with Gasteiger partial charge < -0.3 is 0 Å². The van der Waals surface area contributed by atoms with Crippen molar-refractivity contribution in [1.29, 1.82) is 0 Å². The second-order valence-corrected chi connectivity index (χ2v) is 4.63. The van der Waals surface area contributed by atoms with Crippen molar-refractivity contribution in [3.8, 4) is 0 Å². The molecule has 6 heteroatoms. The van der Waals surface area contributed by atoms with Crippen LogP contribution in [0.2, 0.25) is 10.0 Å². The molecule has 1 amide bonds. The van der Waals surface area contributed by atoms with Crippen molar-refractivity contribution in [3.63, 3.8) is 0 Å². The number of carbonyl (C=O) groups excluding carboxylic acids is 1. The predicted molar refractivity (Wildman–Crippen MR) is 66.5 cm³/mol. The fourth-order valence-corrected chi connectivity index (χ4v) is 1.91. The van der Waals surface area contributed by atoms with Crippen molar-refractivity contribution in [2.45, 2.75) is 0 Å². The van der Waals surface area contributed by atoms with Crippen LogP contribution >= 0.6 is 34.5 Å². The first-order valence-corrected chi connectivity index (χ1v) is 5.96. The molecule has 0 spiro atoms. The number of benzene rings is 1. The van der Waals surface area contributed by atoms with E-state index in [1.165, 1.54) is 17.4 Å². The molecule has 0 bridgehead atoms. The fraction of sp³-hybridized carbons (Fsp3) is 0. The van der Waals surface area contributed by atoms with E-state index in [1.54, 1.807) is 23.7 Å². The number of thiazole rings is 1. The van der Waals surface area contributed by atoms with Crippen molar-refractivity contribution in [1.82, 2.24) is 4.98 Å². The minimum absolute atomic E-state index is 0.256. The molecular formula is C10H6Cl2N2OS. The molecule has 16 heavy (non-hydrogen) atoms. The summed E-state index contributed by atoms with van der Waals surface area (Å²) in [5, 5.41) is 5.76. The van der Waals surface area contributed by atoms with Crippen LogP contribution in [0, 0.1) is 0 Å². The molecule has 3 nitrogen and oxygen atoms in total. The van der Waals surface area contributed by atoms with E-state index in [1.807, 2.05) is 0 Å². The minimum Gasteiger partial charge on any atom is -0.298 e. The van der Waals surface area contributed by atoms with Gasteiger partial charge >= 0.3 is 0 Å². The average Bonchev–Trinajstić information content (AvgIpc) is 2.74. The summed E-state index contributed by atoms with van der Waals surface area (Å²) >= 11 is 12.9. The van der Waals surface area contributed by atoms with Crippen molar-refractivity contribution < 1.29 is 4.79 Å². The lowest BCUT2D eigenvalue weighted by Crippen LogP contribution is -2.11. The second kappa shape index (κ2) is 4.82. The number of amides is 1. The summed E-state index contributed by atoms with van der Waals surface area (Å²) in [6, 6.07) is 4.71. The third kappa shape index (κ3) is 2.52. The highest BCUT2D eigenvalue weighted by molar-refractivity contribution is 7.13. The van der Waals surface area contributed by atoms with Crippen LogP contribution in [0.3, 0.4) is 0 Å². The average molecular weight is 273 g/mol. The van der Waals surface area contributed by atoms with Gasteiger partial charge in [-0.05, 0) is 18.2 Å². The first-order valence-electron chi connectivity index (χ1n) is 4.33. The molecule has 0 saturated carbocycles. The Balaban J connectivity index is 2.18. The number of halogens is 2. The van der Waals surface area contributed by atoms with Crippen LogP contribution in [0.4, 0.5) is 5.13 Å². The van der Waals surface area contributed by atoms with Crippen molar-refractivity contribution in [3.05, 3.63) is 45.4 Å². The van der Waals surface area contributed by atoms with Gasteiger partial charge in [0.05, 0.1) is 10.0 Å². The lowest BCUT2D eigenvalue weighted by atomic mass is 10.2. The molecule has 0 atom stereocenters. The summed E-state index contributed by atoms with van der Waals surface area (Å²) in [7, 11) is 0.